The Morgan fingerprint density at radius 2 is 0.952 bits per heavy atom. The average Bonchev–Trinajstić information content (AvgIpc) is 3.28. The van der Waals surface area contributed by atoms with Crippen LogP contribution in [0.25, 0.3) is 0 Å². The minimum atomic E-state index is -1.77. The number of esters is 2. The monoisotopic (exact) mass is 899 g/mol. The third-order valence-corrected chi connectivity index (χ3v) is 11.1. The lowest BCUT2D eigenvalue weighted by Crippen LogP contribution is -2.61. The van der Waals surface area contributed by atoms with E-state index in [0.717, 1.165) is 70.6 Å². The first-order valence-electron chi connectivity index (χ1n) is 23.7. The summed E-state index contributed by atoms with van der Waals surface area (Å²) >= 11 is 0. The SMILES string of the molecule is CCCCC/C=C/C/C=C/C/C=C/C/C=C/CCCCCC(=O)OC[C@@H](CO[C@@H]1O[C@H](CO[C@@H]2O[C@H](CO)[C@H](O)C(O)C2O)[C@H](O)C(O)C1O)OC(=O)CCCCCCCCCC. The molecule has 0 amide bonds. The van der Waals surface area contributed by atoms with Gasteiger partial charge in [-0.2, -0.15) is 0 Å². The summed E-state index contributed by atoms with van der Waals surface area (Å²) in [6.45, 7) is 2.46. The van der Waals surface area contributed by atoms with E-state index in [2.05, 4.69) is 62.5 Å². The summed E-state index contributed by atoms with van der Waals surface area (Å²) in [6, 6.07) is 0. The zero-order valence-electron chi connectivity index (χ0n) is 38.0. The first kappa shape index (κ1) is 56.6. The first-order chi connectivity index (χ1) is 30.5. The van der Waals surface area contributed by atoms with E-state index in [1.807, 2.05) is 0 Å². The Bertz CT molecular complexity index is 1290. The third-order valence-electron chi connectivity index (χ3n) is 11.1. The molecule has 0 aromatic heterocycles. The lowest BCUT2D eigenvalue weighted by Gasteiger charge is -2.42. The zero-order chi connectivity index (χ0) is 46.1. The summed E-state index contributed by atoms with van der Waals surface area (Å²) in [5.41, 5.74) is 0. The van der Waals surface area contributed by atoms with Crippen molar-refractivity contribution in [3.8, 4) is 0 Å². The Morgan fingerprint density at radius 3 is 1.52 bits per heavy atom. The number of ether oxygens (including phenoxy) is 6. The van der Waals surface area contributed by atoms with Gasteiger partial charge in [-0.3, -0.25) is 9.59 Å². The smallest absolute Gasteiger partial charge is 0.306 e. The van der Waals surface area contributed by atoms with E-state index in [9.17, 15) is 45.3 Å². The summed E-state index contributed by atoms with van der Waals surface area (Å²) < 4.78 is 33.4. The van der Waals surface area contributed by atoms with Crippen molar-refractivity contribution < 1.29 is 73.8 Å². The van der Waals surface area contributed by atoms with Crippen LogP contribution in [0, 0.1) is 0 Å². The summed E-state index contributed by atoms with van der Waals surface area (Å²) in [4.78, 5) is 25.6. The average molecular weight is 899 g/mol. The number of rotatable bonds is 35. The molecule has 7 N–H and O–H groups in total. The van der Waals surface area contributed by atoms with Crippen LogP contribution < -0.4 is 0 Å². The fourth-order valence-corrected chi connectivity index (χ4v) is 7.08. The van der Waals surface area contributed by atoms with Crippen LogP contribution in [0.3, 0.4) is 0 Å². The van der Waals surface area contributed by atoms with Gasteiger partial charge >= 0.3 is 11.9 Å². The Labute approximate surface area is 376 Å². The molecule has 0 bridgehead atoms. The van der Waals surface area contributed by atoms with E-state index >= 15 is 0 Å². The largest absolute Gasteiger partial charge is 0.462 e. The molecule has 4 unspecified atom stereocenters. The van der Waals surface area contributed by atoms with Gasteiger partial charge < -0.3 is 64.2 Å². The lowest BCUT2D eigenvalue weighted by atomic mass is 9.98. The van der Waals surface area contributed by atoms with Crippen LogP contribution in [0.1, 0.15) is 149 Å². The van der Waals surface area contributed by atoms with Gasteiger partial charge in [0.15, 0.2) is 18.7 Å². The van der Waals surface area contributed by atoms with Crippen LogP contribution >= 0.6 is 0 Å². The minimum absolute atomic E-state index is 0.156. The zero-order valence-corrected chi connectivity index (χ0v) is 38.0. The first-order valence-corrected chi connectivity index (χ1v) is 23.7. The van der Waals surface area contributed by atoms with Gasteiger partial charge in [0.05, 0.1) is 19.8 Å². The highest BCUT2D eigenvalue weighted by Crippen LogP contribution is 2.26. The van der Waals surface area contributed by atoms with E-state index in [4.69, 9.17) is 28.4 Å². The molecule has 364 valence electrons. The van der Waals surface area contributed by atoms with E-state index in [1.54, 1.807) is 0 Å². The van der Waals surface area contributed by atoms with Crippen molar-refractivity contribution in [3.05, 3.63) is 48.6 Å². The Balaban J connectivity index is 1.81. The molecule has 2 aliphatic heterocycles. The third kappa shape index (κ3) is 24.5. The van der Waals surface area contributed by atoms with Gasteiger partial charge in [-0.1, -0.05) is 127 Å². The second-order valence-corrected chi connectivity index (χ2v) is 16.6. The number of aliphatic hydroxyl groups is 7. The van der Waals surface area contributed by atoms with Crippen LogP contribution in [0.2, 0.25) is 0 Å². The number of hydrogen-bond donors (Lipinski definition) is 7. The van der Waals surface area contributed by atoms with Crippen molar-refractivity contribution >= 4 is 11.9 Å². The van der Waals surface area contributed by atoms with Gasteiger partial charge in [0.2, 0.25) is 0 Å². The molecule has 2 aliphatic rings. The number of carbonyl (C=O) groups excluding carboxylic acids is 2. The van der Waals surface area contributed by atoms with E-state index in [1.165, 1.54) is 38.5 Å². The van der Waals surface area contributed by atoms with Crippen molar-refractivity contribution in [2.45, 2.75) is 216 Å². The molecule has 2 heterocycles. The molecule has 2 rings (SSSR count). The molecule has 15 heteroatoms. The van der Waals surface area contributed by atoms with E-state index in [-0.39, 0.29) is 19.4 Å². The summed E-state index contributed by atoms with van der Waals surface area (Å²) in [5, 5.41) is 71.8. The topological polar surface area (TPSA) is 231 Å². The molecular weight excluding hydrogens is 817 g/mol. The molecule has 0 radical (unpaired) electrons. The van der Waals surface area contributed by atoms with E-state index < -0.39 is 99.3 Å². The Hall–Kier alpha value is -2.54. The lowest BCUT2D eigenvalue weighted by molar-refractivity contribution is -0.332. The number of hydrogen-bond acceptors (Lipinski definition) is 15. The number of aliphatic hydroxyl groups excluding tert-OH is 7. The van der Waals surface area contributed by atoms with Gasteiger partial charge in [-0.05, 0) is 57.8 Å². The fraction of sp³-hybridized carbons (Fsp3) is 0.792. The normalized spacial score (nSPS) is 27.3. The predicted molar refractivity (Wildman–Crippen MR) is 238 cm³/mol. The molecule has 2 saturated heterocycles. The molecule has 2 fully saturated rings. The standard InChI is InChI=1S/C48H82O15/c1-3-5-7-9-11-13-14-15-16-17-18-19-20-21-22-23-25-26-28-30-39(50)58-33-36(61-40(51)31-29-27-24-12-10-8-6-4-2)34-59-47-46(57)44(55)42(53)38(63-47)35-60-48-45(56)43(54)41(52)37(32-49)62-48/h11,13,15-16,18-19,21-22,36-38,41-49,52-57H,3-10,12,14,17,20,23-35H2,1-2H3/b13-11+,16-15+,19-18+,22-21+/t36-,37+,38+,41-,42-,43?,44?,45?,46?,47+,48+/m0/s1. The maximum absolute atomic E-state index is 12.9. The second kappa shape index (κ2) is 35.7. The van der Waals surface area contributed by atoms with Crippen molar-refractivity contribution in [2.24, 2.45) is 0 Å². The number of allylic oxidation sites excluding steroid dienone is 8. The molecule has 0 aliphatic carbocycles. The fourth-order valence-electron chi connectivity index (χ4n) is 7.08. The molecule has 15 nitrogen and oxygen atoms in total. The molecule has 11 atom stereocenters. The van der Waals surface area contributed by atoms with Gasteiger partial charge in [-0.15, -0.1) is 0 Å². The summed E-state index contributed by atoms with van der Waals surface area (Å²) in [5.74, 6) is -0.969. The number of unbranched alkanes of at least 4 members (excludes halogenated alkanes) is 13. The second-order valence-electron chi connectivity index (χ2n) is 16.6. The van der Waals surface area contributed by atoms with Gasteiger partial charge in [0, 0.05) is 12.8 Å². The Kier molecular flexibility index (Phi) is 32.1. The molecule has 63 heavy (non-hydrogen) atoms. The molecule has 0 aromatic rings. The predicted octanol–water partition coefficient (Wildman–Crippen LogP) is 5.54. The van der Waals surface area contributed by atoms with Crippen LogP contribution in [0.4, 0.5) is 0 Å². The van der Waals surface area contributed by atoms with Gasteiger partial charge in [-0.25, -0.2) is 0 Å². The molecule has 0 aromatic carbocycles. The van der Waals surface area contributed by atoms with Gasteiger partial charge in [0.25, 0.3) is 0 Å². The van der Waals surface area contributed by atoms with Crippen molar-refractivity contribution in [2.75, 3.05) is 26.4 Å². The maximum Gasteiger partial charge on any atom is 0.306 e. The molecular formula is C48H82O15. The van der Waals surface area contributed by atoms with Crippen LogP contribution in [-0.4, -0.2) is 142 Å². The minimum Gasteiger partial charge on any atom is -0.462 e. The molecule has 0 saturated carbocycles. The quantitative estimate of drug-likeness (QED) is 0.0235. The summed E-state index contributed by atoms with van der Waals surface area (Å²) in [6.07, 6.45) is 20.3. The summed E-state index contributed by atoms with van der Waals surface area (Å²) in [7, 11) is 0. The van der Waals surface area contributed by atoms with Crippen molar-refractivity contribution in [3.63, 3.8) is 0 Å². The number of carbonyl (C=O) groups is 2. The van der Waals surface area contributed by atoms with Crippen LogP contribution in [-0.2, 0) is 38.0 Å². The van der Waals surface area contributed by atoms with Gasteiger partial charge in [0.1, 0.15) is 55.4 Å². The highest BCUT2D eigenvalue weighted by molar-refractivity contribution is 5.70. The molecule has 0 spiro atoms. The highest BCUT2D eigenvalue weighted by atomic mass is 16.7. The Morgan fingerprint density at radius 1 is 0.508 bits per heavy atom. The highest BCUT2D eigenvalue weighted by Gasteiger charge is 2.47. The van der Waals surface area contributed by atoms with Crippen LogP contribution in [0.15, 0.2) is 48.6 Å². The maximum atomic E-state index is 12.9. The van der Waals surface area contributed by atoms with E-state index in [0.29, 0.717) is 12.8 Å². The van der Waals surface area contributed by atoms with Crippen molar-refractivity contribution in [1.29, 1.82) is 0 Å². The van der Waals surface area contributed by atoms with Crippen molar-refractivity contribution in [1.82, 2.24) is 0 Å². The van der Waals surface area contributed by atoms with Crippen LogP contribution in [0.5, 0.6) is 0 Å².